The minimum absolute atomic E-state index is 0.293. The number of piperidine rings is 1. The summed E-state index contributed by atoms with van der Waals surface area (Å²) < 4.78 is 0. The summed E-state index contributed by atoms with van der Waals surface area (Å²) in [7, 11) is 0. The van der Waals surface area contributed by atoms with Gasteiger partial charge in [-0.05, 0) is 18.8 Å². The molecule has 0 spiro atoms. The Balaban J connectivity index is 1.79. The third kappa shape index (κ3) is 3.04. The molecule has 0 N–H and O–H groups in total. The molecule has 2 heterocycles. The molecular weight excluding hydrogens is 220 g/mol. The number of likely N-dealkylation sites (tertiary alicyclic amines) is 1. The summed E-state index contributed by atoms with van der Waals surface area (Å²) in [6.07, 6.45) is 5.62. The normalized spacial score (nSPS) is 21.1. The maximum Gasteiger partial charge on any atom is 0.222 e. The molecule has 0 aliphatic carbocycles. The summed E-state index contributed by atoms with van der Waals surface area (Å²) in [4.78, 5) is 18.2. The van der Waals surface area contributed by atoms with E-state index in [0.717, 1.165) is 30.9 Å². The number of thiazole rings is 1. The summed E-state index contributed by atoms with van der Waals surface area (Å²) in [6.45, 7) is 4.11. The van der Waals surface area contributed by atoms with E-state index in [4.69, 9.17) is 0 Å². The van der Waals surface area contributed by atoms with Crippen molar-refractivity contribution in [2.75, 3.05) is 13.1 Å². The zero-order valence-electron chi connectivity index (χ0n) is 9.69. The highest BCUT2D eigenvalue weighted by Gasteiger charge is 2.20. The van der Waals surface area contributed by atoms with E-state index >= 15 is 0 Å². The number of carbonyl (C=O) groups excluding carboxylic acids is 1. The second-order valence-electron chi connectivity index (χ2n) is 4.51. The van der Waals surface area contributed by atoms with Crippen LogP contribution in [0.5, 0.6) is 0 Å². The Kier molecular flexibility index (Phi) is 3.93. The second-order valence-corrected chi connectivity index (χ2v) is 5.49. The zero-order valence-corrected chi connectivity index (χ0v) is 10.5. The largest absolute Gasteiger partial charge is 0.342 e. The molecule has 1 aromatic rings. The number of rotatable bonds is 3. The molecule has 1 aromatic heterocycles. The molecule has 0 saturated carbocycles. The van der Waals surface area contributed by atoms with Crippen molar-refractivity contribution in [3.63, 3.8) is 0 Å². The first-order valence-electron chi connectivity index (χ1n) is 5.92. The van der Waals surface area contributed by atoms with Gasteiger partial charge in [0, 0.05) is 37.5 Å². The first-order chi connectivity index (χ1) is 7.75. The molecular formula is C12H18N2OS. The summed E-state index contributed by atoms with van der Waals surface area (Å²) in [5.41, 5.74) is 0. The lowest BCUT2D eigenvalue weighted by Gasteiger charge is -2.30. The molecule has 0 radical (unpaired) electrons. The smallest absolute Gasteiger partial charge is 0.222 e. The number of hydrogen-bond donors (Lipinski definition) is 0. The van der Waals surface area contributed by atoms with E-state index in [2.05, 4.69) is 11.9 Å². The number of carbonyl (C=O) groups is 1. The van der Waals surface area contributed by atoms with Gasteiger partial charge in [-0.2, -0.15) is 0 Å². The van der Waals surface area contributed by atoms with E-state index < -0.39 is 0 Å². The van der Waals surface area contributed by atoms with Gasteiger partial charge in [-0.25, -0.2) is 4.98 Å². The summed E-state index contributed by atoms with van der Waals surface area (Å²) in [6, 6.07) is 0. The lowest BCUT2D eigenvalue weighted by molar-refractivity contribution is -0.132. The lowest BCUT2D eigenvalue weighted by atomic mass is 10.00. The molecule has 1 amide bonds. The summed E-state index contributed by atoms with van der Waals surface area (Å²) >= 11 is 1.63. The van der Waals surface area contributed by atoms with Crippen LogP contribution in [0.15, 0.2) is 11.6 Å². The maximum atomic E-state index is 11.9. The van der Waals surface area contributed by atoms with Gasteiger partial charge in [-0.3, -0.25) is 4.79 Å². The van der Waals surface area contributed by atoms with E-state index in [1.165, 1.54) is 6.42 Å². The van der Waals surface area contributed by atoms with E-state index in [0.29, 0.717) is 18.2 Å². The van der Waals surface area contributed by atoms with Crippen LogP contribution in [-0.2, 0) is 11.2 Å². The van der Waals surface area contributed by atoms with Crippen LogP contribution in [-0.4, -0.2) is 28.9 Å². The van der Waals surface area contributed by atoms with Crippen molar-refractivity contribution in [3.05, 3.63) is 16.6 Å². The van der Waals surface area contributed by atoms with Crippen LogP contribution < -0.4 is 0 Å². The number of amides is 1. The first-order valence-corrected chi connectivity index (χ1v) is 6.80. The fourth-order valence-corrected chi connectivity index (χ4v) is 2.78. The molecule has 0 bridgehead atoms. The average Bonchev–Trinajstić information content (AvgIpc) is 2.78. The third-order valence-corrected chi connectivity index (χ3v) is 3.89. The number of aromatic nitrogens is 1. The molecule has 1 unspecified atom stereocenters. The quantitative estimate of drug-likeness (QED) is 0.809. The second kappa shape index (κ2) is 5.43. The molecule has 88 valence electrons. The van der Waals surface area contributed by atoms with E-state index in [-0.39, 0.29) is 0 Å². The highest BCUT2D eigenvalue weighted by atomic mass is 32.1. The standard InChI is InChI=1S/C12H18N2OS/c1-10-3-2-7-14(9-10)12(15)5-4-11-13-6-8-16-11/h6,8,10H,2-5,7,9H2,1H3. The van der Waals surface area contributed by atoms with Gasteiger partial charge in [0.1, 0.15) is 0 Å². The molecule has 1 fully saturated rings. The molecule has 1 saturated heterocycles. The zero-order chi connectivity index (χ0) is 11.4. The molecule has 3 nitrogen and oxygen atoms in total. The molecule has 1 aliphatic rings. The van der Waals surface area contributed by atoms with E-state index in [1.807, 2.05) is 10.3 Å². The Morgan fingerprint density at radius 3 is 3.25 bits per heavy atom. The lowest BCUT2D eigenvalue weighted by Crippen LogP contribution is -2.39. The maximum absolute atomic E-state index is 11.9. The Hall–Kier alpha value is -0.900. The monoisotopic (exact) mass is 238 g/mol. The molecule has 16 heavy (non-hydrogen) atoms. The Labute approximate surface area is 100 Å². The van der Waals surface area contributed by atoms with Crippen molar-refractivity contribution in [3.8, 4) is 0 Å². The topological polar surface area (TPSA) is 33.2 Å². The predicted octanol–water partition coefficient (Wildman–Crippen LogP) is 2.33. The molecule has 1 atom stereocenters. The van der Waals surface area contributed by atoms with Gasteiger partial charge in [-0.1, -0.05) is 6.92 Å². The minimum Gasteiger partial charge on any atom is -0.342 e. The van der Waals surface area contributed by atoms with Crippen molar-refractivity contribution in [1.29, 1.82) is 0 Å². The first kappa shape index (κ1) is 11.6. The highest BCUT2D eigenvalue weighted by molar-refractivity contribution is 7.09. The molecule has 1 aliphatic heterocycles. The summed E-state index contributed by atoms with van der Waals surface area (Å²) in [5, 5.41) is 3.03. The predicted molar refractivity (Wildman–Crippen MR) is 65.4 cm³/mol. The fraction of sp³-hybridized carbons (Fsp3) is 0.667. The van der Waals surface area contributed by atoms with Gasteiger partial charge in [0.05, 0.1) is 5.01 Å². The number of aryl methyl sites for hydroxylation is 1. The van der Waals surface area contributed by atoms with Gasteiger partial charge in [-0.15, -0.1) is 11.3 Å². The van der Waals surface area contributed by atoms with Gasteiger partial charge in [0.15, 0.2) is 0 Å². The van der Waals surface area contributed by atoms with Crippen molar-refractivity contribution < 1.29 is 4.79 Å². The Morgan fingerprint density at radius 1 is 1.69 bits per heavy atom. The van der Waals surface area contributed by atoms with Crippen LogP contribution in [0.1, 0.15) is 31.2 Å². The highest BCUT2D eigenvalue weighted by Crippen LogP contribution is 2.17. The molecule has 4 heteroatoms. The molecule has 2 rings (SSSR count). The third-order valence-electron chi connectivity index (χ3n) is 3.05. The Morgan fingerprint density at radius 2 is 2.56 bits per heavy atom. The van der Waals surface area contributed by atoms with Crippen LogP contribution in [0.4, 0.5) is 0 Å². The van der Waals surface area contributed by atoms with Gasteiger partial charge >= 0.3 is 0 Å². The number of hydrogen-bond acceptors (Lipinski definition) is 3. The van der Waals surface area contributed by atoms with E-state index in [1.54, 1.807) is 17.5 Å². The van der Waals surface area contributed by atoms with Crippen LogP contribution >= 0.6 is 11.3 Å². The van der Waals surface area contributed by atoms with Crippen molar-refractivity contribution in [2.24, 2.45) is 5.92 Å². The SMILES string of the molecule is CC1CCCN(C(=O)CCc2nccs2)C1. The average molecular weight is 238 g/mol. The minimum atomic E-state index is 0.293. The fourth-order valence-electron chi connectivity index (χ4n) is 2.16. The van der Waals surface area contributed by atoms with Gasteiger partial charge in [0.2, 0.25) is 5.91 Å². The van der Waals surface area contributed by atoms with E-state index in [9.17, 15) is 4.79 Å². The van der Waals surface area contributed by atoms with Gasteiger partial charge < -0.3 is 4.90 Å². The van der Waals surface area contributed by atoms with Crippen molar-refractivity contribution in [1.82, 2.24) is 9.88 Å². The van der Waals surface area contributed by atoms with Crippen molar-refractivity contribution in [2.45, 2.75) is 32.6 Å². The number of nitrogens with zero attached hydrogens (tertiary/aromatic N) is 2. The van der Waals surface area contributed by atoms with Crippen LogP contribution in [0.3, 0.4) is 0 Å². The van der Waals surface area contributed by atoms with Crippen LogP contribution in [0.2, 0.25) is 0 Å². The van der Waals surface area contributed by atoms with Gasteiger partial charge in [0.25, 0.3) is 0 Å². The Bertz CT molecular complexity index is 337. The van der Waals surface area contributed by atoms with Crippen LogP contribution in [0, 0.1) is 5.92 Å². The van der Waals surface area contributed by atoms with Crippen molar-refractivity contribution >= 4 is 17.2 Å². The summed E-state index contributed by atoms with van der Waals surface area (Å²) in [5.74, 6) is 0.958. The van der Waals surface area contributed by atoms with Crippen LogP contribution in [0.25, 0.3) is 0 Å². The molecule has 0 aromatic carbocycles.